The number of alkyl halides is 2. The van der Waals surface area contributed by atoms with Crippen molar-refractivity contribution in [3.05, 3.63) is 23.1 Å². The molecule has 1 aromatic carbocycles. The van der Waals surface area contributed by atoms with E-state index in [1.165, 1.54) is 17.5 Å². The Morgan fingerprint density at radius 1 is 1.36 bits per heavy atom. The average Bonchev–Trinajstić information content (AvgIpc) is 2.56. The van der Waals surface area contributed by atoms with Gasteiger partial charge in [-0.1, -0.05) is 0 Å². The lowest BCUT2D eigenvalue weighted by molar-refractivity contribution is 0.153. The van der Waals surface area contributed by atoms with Gasteiger partial charge in [0.25, 0.3) is 6.43 Å². The number of phenolic OH excluding ortho intramolecular Hbond substituents is 1. The summed E-state index contributed by atoms with van der Waals surface area (Å²) in [4.78, 5) is 0. The monoisotopic (exact) mass is 215 g/mol. The fourth-order valence-electron chi connectivity index (χ4n) is 1.34. The largest absolute Gasteiger partial charge is 0.507 e. The number of fused-ring (bicyclic) bond motifs is 1. The Morgan fingerprint density at radius 2 is 2.07 bits per heavy atom. The zero-order valence-electron chi connectivity index (χ0n) is 7.00. The summed E-state index contributed by atoms with van der Waals surface area (Å²) in [6, 6.07) is 2.83. The summed E-state index contributed by atoms with van der Waals surface area (Å²) in [5, 5.41) is 10.9. The van der Waals surface area contributed by atoms with Gasteiger partial charge >= 0.3 is 0 Å². The minimum atomic E-state index is -2.59. The molecule has 0 spiro atoms. The van der Waals surface area contributed by atoms with E-state index < -0.39 is 6.43 Å². The maximum absolute atomic E-state index is 12.5. The minimum absolute atomic E-state index is 0.147. The predicted octanol–water partition coefficient (Wildman–Crippen LogP) is 3.13. The third-order valence-electron chi connectivity index (χ3n) is 1.99. The van der Waals surface area contributed by atoms with Gasteiger partial charge in [0.1, 0.15) is 5.75 Å². The first kappa shape index (κ1) is 9.21. The first-order valence-corrected chi connectivity index (χ1v) is 4.76. The van der Waals surface area contributed by atoms with Crippen molar-refractivity contribution in [2.45, 2.75) is 6.43 Å². The number of thiophene rings is 1. The molecule has 0 fully saturated rings. The summed E-state index contributed by atoms with van der Waals surface area (Å²) in [6.07, 6.45) is -2.59. The van der Waals surface area contributed by atoms with Crippen LogP contribution in [0, 0.1) is 0 Å². The lowest BCUT2D eigenvalue weighted by atomic mass is 10.1. The number of rotatable bonds is 1. The molecule has 2 rings (SSSR count). The quantitative estimate of drug-likeness (QED) is 0.567. The summed E-state index contributed by atoms with van der Waals surface area (Å²) >= 11 is 1.12. The molecule has 14 heavy (non-hydrogen) atoms. The lowest BCUT2D eigenvalue weighted by Crippen LogP contribution is -1.86. The summed E-state index contributed by atoms with van der Waals surface area (Å²) in [7, 11) is 0. The van der Waals surface area contributed by atoms with Crippen molar-refractivity contribution >= 4 is 27.1 Å². The number of hydrogen-bond acceptors (Lipinski definition) is 3. The molecule has 2 aromatic rings. The second-order valence-corrected chi connectivity index (χ2v) is 3.75. The van der Waals surface area contributed by atoms with Crippen molar-refractivity contribution < 1.29 is 13.9 Å². The van der Waals surface area contributed by atoms with E-state index in [0.29, 0.717) is 10.4 Å². The highest BCUT2D eigenvalue weighted by Gasteiger charge is 2.17. The lowest BCUT2D eigenvalue weighted by Gasteiger charge is -2.01. The van der Waals surface area contributed by atoms with Crippen LogP contribution in [0.5, 0.6) is 5.75 Å². The van der Waals surface area contributed by atoms with Gasteiger partial charge in [0.2, 0.25) is 0 Å². The van der Waals surface area contributed by atoms with E-state index in [0.717, 1.165) is 11.3 Å². The number of aromatic hydroxyl groups is 1. The second-order valence-electron chi connectivity index (χ2n) is 2.87. The molecular weight excluding hydrogens is 208 g/mol. The summed E-state index contributed by atoms with van der Waals surface area (Å²) in [5.74, 6) is -0.147. The van der Waals surface area contributed by atoms with Crippen LogP contribution >= 0.6 is 11.3 Å². The first-order chi connectivity index (χ1) is 6.61. The molecule has 0 bridgehead atoms. The molecule has 2 nitrogen and oxygen atoms in total. The molecule has 0 unspecified atom stereocenters. The molecule has 0 aliphatic heterocycles. The van der Waals surface area contributed by atoms with Crippen molar-refractivity contribution in [3.63, 3.8) is 0 Å². The molecule has 1 aromatic heterocycles. The first-order valence-electron chi connectivity index (χ1n) is 3.88. The Labute approximate surface area is 82.6 Å². The Kier molecular flexibility index (Phi) is 2.03. The van der Waals surface area contributed by atoms with Gasteiger partial charge in [-0.25, -0.2) is 8.78 Å². The molecule has 0 saturated carbocycles. The summed E-state index contributed by atoms with van der Waals surface area (Å²) < 4.78 is 25.5. The highest BCUT2D eigenvalue weighted by molar-refractivity contribution is 7.18. The molecule has 74 valence electrons. The maximum atomic E-state index is 12.5. The fourth-order valence-corrected chi connectivity index (χ4v) is 2.35. The Bertz CT molecular complexity index is 481. The van der Waals surface area contributed by atoms with Gasteiger partial charge in [0.05, 0.1) is 4.70 Å². The highest BCUT2D eigenvalue weighted by Crippen LogP contribution is 2.40. The molecule has 0 radical (unpaired) electrons. The van der Waals surface area contributed by atoms with Crippen molar-refractivity contribution in [2.24, 2.45) is 0 Å². The molecule has 1 heterocycles. The third kappa shape index (κ3) is 1.21. The van der Waals surface area contributed by atoms with Gasteiger partial charge in [0, 0.05) is 22.0 Å². The van der Waals surface area contributed by atoms with Gasteiger partial charge in [-0.05, 0) is 12.1 Å². The third-order valence-corrected chi connectivity index (χ3v) is 3.04. The number of halogens is 2. The average molecular weight is 215 g/mol. The van der Waals surface area contributed by atoms with Crippen molar-refractivity contribution in [3.8, 4) is 5.75 Å². The second kappa shape index (κ2) is 3.09. The van der Waals surface area contributed by atoms with E-state index in [2.05, 4.69) is 0 Å². The zero-order valence-corrected chi connectivity index (χ0v) is 7.81. The van der Waals surface area contributed by atoms with Gasteiger partial charge in [-0.15, -0.1) is 11.3 Å². The zero-order chi connectivity index (χ0) is 10.3. The number of hydrogen-bond donors (Lipinski definition) is 2. The maximum Gasteiger partial charge on any atom is 0.265 e. The van der Waals surface area contributed by atoms with Crippen LogP contribution in [-0.2, 0) is 0 Å². The fraction of sp³-hybridized carbons (Fsp3) is 0.111. The van der Waals surface area contributed by atoms with Crippen molar-refractivity contribution in [1.82, 2.24) is 0 Å². The van der Waals surface area contributed by atoms with E-state index in [-0.39, 0.29) is 16.7 Å². The Hall–Kier alpha value is -1.36. The minimum Gasteiger partial charge on any atom is -0.507 e. The van der Waals surface area contributed by atoms with Crippen LogP contribution in [-0.4, -0.2) is 5.11 Å². The van der Waals surface area contributed by atoms with Crippen LogP contribution in [0.1, 0.15) is 12.0 Å². The Morgan fingerprint density at radius 3 is 2.71 bits per heavy atom. The molecule has 3 N–H and O–H groups in total. The topological polar surface area (TPSA) is 46.2 Å². The van der Waals surface area contributed by atoms with Gasteiger partial charge in [-0.2, -0.15) is 0 Å². The SMILES string of the molecule is Nc1ccc(O)c2c(C(F)F)csc12. The summed E-state index contributed by atoms with van der Waals surface area (Å²) in [6.45, 7) is 0. The van der Waals surface area contributed by atoms with Gasteiger partial charge < -0.3 is 10.8 Å². The smallest absolute Gasteiger partial charge is 0.265 e. The van der Waals surface area contributed by atoms with Crippen LogP contribution in [0.2, 0.25) is 0 Å². The van der Waals surface area contributed by atoms with Crippen molar-refractivity contribution in [2.75, 3.05) is 5.73 Å². The van der Waals surface area contributed by atoms with E-state index >= 15 is 0 Å². The van der Waals surface area contributed by atoms with Gasteiger partial charge in [0.15, 0.2) is 0 Å². The van der Waals surface area contributed by atoms with E-state index in [1.54, 1.807) is 0 Å². The summed E-state index contributed by atoms with van der Waals surface area (Å²) in [5.41, 5.74) is 5.85. The van der Waals surface area contributed by atoms with Crippen LogP contribution in [0.3, 0.4) is 0 Å². The molecule has 0 amide bonds. The molecule has 0 aliphatic carbocycles. The molecule has 5 heteroatoms. The number of phenols is 1. The van der Waals surface area contributed by atoms with Crippen LogP contribution in [0.15, 0.2) is 17.5 Å². The molecule has 0 aliphatic rings. The van der Waals surface area contributed by atoms with E-state index in [9.17, 15) is 13.9 Å². The highest BCUT2D eigenvalue weighted by atomic mass is 32.1. The number of nitrogens with two attached hydrogens (primary N) is 1. The van der Waals surface area contributed by atoms with E-state index in [1.807, 2.05) is 0 Å². The van der Waals surface area contributed by atoms with Crippen LogP contribution < -0.4 is 5.73 Å². The standard InChI is InChI=1S/C9H7F2NOS/c10-9(11)4-3-14-8-5(12)1-2-6(13)7(4)8/h1-3,9,13H,12H2. The number of anilines is 1. The molecule has 0 saturated heterocycles. The number of benzene rings is 1. The number of nitrogen functional groups attached to an aromatic ring is 1. The van der Waals surface area contributed by atoms with Crippen LogP contribution in [0.4, 0.5) is 14.5 Å². The molecule has 0 atom stereocenters. The van der Waals surface area contributed by atoms with E-state index in [4.69, 9.17) is 5.73 Å². The normalized spacial score (nSPS) is 11.4. The molecular formula is C9H7F2NOS. The van der Waals surface area contributed by atoms with Gasteiger partial charge in [-0.3, -0.25) is 0 Å². The Balaban J connectivity index is 2.84. The van der Waals surface area contributed by atoms with Crippen molar-refractivity contribution in [1.29, 1.82) is 0 Å². The van der Waals surface area contributed by atoms with Crippen LogP contribution in [0.25, 0.3) is 10.1 Å². The predicted molar refractivity (Wildman–Crippen MR) is 52.9 cm³/mol.